The lowest BCUT2D eigenvalue weighted by Crippen LogP contribution is -2.35. The zero-order valence-corrected chi connectivity index (χ0v) is 37.3. The largest absolute Gasteiger partial charge is 0.378 e. The van der Waals surface area contributed by atoms with Gasteiger partial charge in [0, 0.05) is 39.3 Å². The smallest absolute Gasteiger partial charge is 0.246 e. The number of carbonyl (C=O) groups excluding carboxylic acids is 3. The molecule has 10 N–H and O–H groups in total. The second-order valence-electron chi connectivity index (χ2n) is 13.0. The molecule has 0 aliphatic heterocycles. The summed E-state index contributed by atoms with van der Waals surface area (Å²) in [4.78, 5) is 35.5. The average molecular weight is 921 g/mol. The van der Waals surface area contributed by atoms with Crippen LogP contribution >= 0.6 is 0 Å². The van der Waals surface area contributed by atoms with Crippen LogP contribution in [0.2, 0.25) is 0 Å². The summed E-state index contributed by atoms with van der Waals surface area (Å²) in [6.07, 6.45) is -0.787. The van der Waals surface area contributed by atoms with Crippen molar-refractivity contribution in [1.29, 1.82) is 0 Å². The van der Waals surface area contributed by atoms with Crippen LogP contribution < -0.4 is 33.6 Å². The van der Waals surface area contributed by atoms with Crippen LogP contribution in [0.25, 0.3) is 0 Å². The van der Waals surface area contributed by atoms with E-state index >= 15 is 0 Å². The lowest BCUT2D eigenvalue weighted by atomic mass is 10.4. The molecule has 0 rings (SSSR count). The quantitative estimate of drug-likeness (QED) is 0.0248. The summed E-state index contributed by atoms with van der Waals surface area (Å²) in [5.74, 6) is -0.633. The number of hydrogen-bond acceptors (Lipinski definition) is 22. The molecule has 0 saturated heterocycles. The number of aldehydes is 1. The van der Waals surface area contributed by atoms with Crippen molar-refractivity contribution in [3.63, 3.8) is 0 Å². The fraction of sp³-hybridized carbons (Fsp3) is 0.923. The Labute approximate surface area is 372 Å². The molecule has 0 aliphatic rings. The van der Waals surface area contributed by atoms with Crippen LogP contribution in [0.1, 0.15) is 0 Å². The van der Waals surface area contributed by atoms with Crippen molar-refractivity contribution in [2.45, 2.75) is 18.3 Å². The first-order valence-electron chi connectivity index (χ1n) is 21.6. The van der Waals surface area contributed by atoms with Crippen molar-refractivity contribution in [1.82, 2.24) is 10.6 Å². The van der Waals surface area contributed by atoms with Crippen molar-refractivity contribution >= 4 is 18.1 Å². The number of ether oxygens (including phenoxy) is 15. The molecule has 24 nitrogen and oxygen atoms in total. The summed E-state index contributed by atoms with van der Waals surface area (Å²) in [7, 11) is 0. The van der Waals surface area contributed by atoms with Gasteiger partial charge in [0.1, 0.15) is 44.4 Å². The predicted octanol–water partition coefficient (Wildman–Crippen LogP) is -4.39. The minimum absolute atomic E-state index is 0.110. The number of hydrogen-bond donors (Lipinski definition) is 6. The van der Waals surface area contributed by atoms with E-state index in [0.717, 1.165) is 0 Å². The lowest BCUT2D eigenvalue weighted by molar-refractivity contribution is -0.133. The molecule has 0 bridgehead atoms. The standard InChI is InChI=1S/C39H80N6O18/c40-1-8-49-15-21-57-29-36(30-58-22-16-50-9-2-41)62-33-38(47)44-5-12-53-19-25-55-27-35(61-14-7-46)28-56-26-20-54-13-6-45-39(48)34-63-37(31-59-23-17-51-10-3-42)32-60-24-18-52-11-4-43/h7,35-37H,1-6,8-34,40-43H2,(H,44,47)(H,45,48). The molecule has 0 aliphatic carbocycles. The maximum atomic E-state index is 12.3. The maximum absolute atomic E-state index is 12.3. The van der Waals surface area contributed by atoms with Crippen LogP contribution in [0.15, 0.2) is 0 Å². The monoisotopic (exact) mass is 921 g/mol. The molecular weight excluding hydrogens is 840 g/mol. The molecule has 0 aromatic rings. The molecule has 63 heavy (non-hydrogen) atoms. The number of amides is 2. The van der Waals surface area contributed by atoms with Crippen molar-refractivity contribution in [3.8, 4) is 0 Å². The Bertz CT molecular complexity index is 889. The van der Waals surface area contributed by atoms with Gasteiger partial charge in [0.05, 0.1) is 159 Å². The average Bonchev–Trinajstić information content (AvgIpc) is 3.29. The highest BCUT2D eigenvalue weighted by molar-refractivity contribution is 5.77. The van der Waals surface area contributed by atoms with Crippen molar-refractivity contribution < 1.29 is 85.4 Å². The van der Waals surface area contributed by atoms with Crippen LogP contribution in [0.5, 0.6) is 0 Å². The lowest BCUT2D eigenvalue weighted by Gasteiger charge is -2.18. The fourth-order valence-corrected chi connectivity index (χ4v) is 4.56. The number of rotatable bonds is 53. The molecule has 0 saturated carbocycles. The van der Waals surface area contributed by atoms with Gasteiger partial charge in [-0.25, -0.2) is 0 Å². The zero-order valence-electron chi connectivity index (χ0n) is 37.3. The highest BCUT2D eigenvalue weighted by atomic mass is 16.6. The van der Waals surface area contributed by atoms with Crippen LogP contribution in [0, 0.1) is 0 Å². The van der Waals surface area contributed by atoms with Gasteiger partial charge in [0.25, 0.3) is 0 Å². The van der Waals surface area contributed by atoms with E-state index < -0.39 is 18.3 Å². The maximum Gasteiger partial charge on any atom is 0.246 e. The molecule has 24 heteroatoms. The van der Waals surface area contributed by atoms with Gasteiger partial charge < -0.3 is 109 Å². The summed E-state index contributed by atoms with van der Waals surface area (Å²) in [5, 5.41) is 5.47. The van der Waals surface area contributed by atoms with Crippen LogP contribution in [0.4, 0.5) is 0 Å². The minimum Gasteiger partial charge on any atom is -0.378 e. The number of carbonyl (C=O) groups is 3. The van der Waals surface area contributed by atoms with E-state index in [1.165, 1.54) is 0 Å². The molecule has 0 radical (unpaired) electrons. The Morgan fingerprint density at radius 1 is 0.365 bits per heavy atom. The van der Waals surface area contributed by atoms with Crippen molar-refractivity contribution in [2.24, 2.45) is 22.9 Å². The second kappa shape index (κ2) is 50.8. The van der Waals surface area contributed by atoms with Gasteiger partial charge in [-0.15, -0.1) is 0 Å². The molecular formula is C39H80N6O18. The Kier molecular flexibility index (Phi) is 49.1. The first-order chi connectivity index (χ1) is 31.0. The zero-order chi connectivity index (χ0) is 45.9. The molecule has 0 heterocycles. The summed E-state index contributed by atoms with van der Waals surface area (Å²) in [6, 6.07) is 0. The van der Waals surface area contributed by atoms with Crippen LogP contribution in [-0.4, -0.2) is 254 Å². The number of nitrogens with two attached hydrogens (primary N) is 4. The fourth-order valence-electron chi connectivity index (χ4n) is 4.56. The van der Waals surface area contributed by atoms with E-state index in [1.807, 2.05) is 0 Å². The topological polar surface area (TPSA) is 318 Å². The SMILES string of the molecule is NCCOCCOCC(COCCOCCN)OCC(=O)NCCOCCOCC(COCCOCCNC(=O)COC(COCCOCCN)COCCOCCN)OCC=O. The Balaban J connectivity index is 4.16. The molecule has 0 aromatic carbocycles. The molecule has 0 fully saturated rings. The van der Waals surface area contributed by atoms with Gasteiger partial charge >= 0.3 is 0 Å². The van der Waals surface area contributed by atoms with E-state index in [9.17, 15) is 14.4 Å². The molecule has 0 atom stereocenters. The first-order valence-corrected chi connectivity index (χ1v) is 21.6. The van der Waals surface area contributed by atoms with Gasteiger partial charge in [-0.3, -0.25) is 9.59 Å². The third-order valence-electron chi connectivity index (χ3n) is 7.54. The Hall–Kier alpha value is -2.15. The van der Waals surface area contributed by atoms with Crippen LogP contribution in [-0.2, 0) is 85.4 Å². The molecule has 0 spiro atoms. The summed E-state index contributed by atoms with van der Waals surface area (Å²) in [6.45, 7) is 9.33. The van der Waals surface area contributed by atoms with Gasteiger partial charge in [0.2, 0.25) is 11.8 Å². The number of nitrogens with one attached hydrogen (secondary N) is 2. The van der Waals surface area contributed by atoms with E-state index in [-0.39, 0.29) is 124 Å². The summed E-state index contributed by atoms with van der Waals surface area (Å²) >= 11 is 0. The van der Waals surface area contributed by atoms with Gasteiger partial charge in [0.15, 0.2) is 0 Å². The first kappa shape index (κ1) is 60.9. The molecule has 0 aromatic heterocycles. The minimum atomic E-state index is -0.490. The Morgan fingerprint density at radius 2 is 0.619 bits per heavy atom. The van der Waals surface area contributed by atoms with Crippen LogP contribution in [0.3, 0.4) is 0 Å². The van der Waals surface area contributed by atoms with E-state index in [1.54, 1.807) is 0 Å². The third-order valence-corrected chi connectivity index (χ3v) is 7.54. The van der Waals surface area contributed by atoms with Gasteiger partial charge in [-0.1, -0.05) is 0 Å². The van der Waals surface area contributed by atoms with Crippen molar-refractivity contribution in [3.05, 3.63) is 0 Å². The third kappa shape index (κ3) is 46.2. The van der Waals surface area contributed by atoms with Crippen molar-refractivity contribution in [2.75, 3.05) is 218 Å². The van der Waals surface area contributed by atoms with E-state index in [0.29, 0.717) is 112 Å². The van der Waals surface area contributed by atoms with E-state index in [2.05, 4.69) is 10.6 Å². The van der Waals surface area contributed by atoms with Gasteiger partial charge in [-0.2, -0.15) is 0 Å². The summed E-state index contributed by atoms with van der Waals surface area (Å²) in [5.41, 5.74) is 21.6. The molecule has 0 unspecified atom stereocenters. The molecule has 374 valence electrons. The summed E-state index contributed by atoms with van der Waals surface area (Å²) < 4.78 is 82.8. The predicted molar refractivity (Wildman–Crippen MR) is 227 cm³/mol. The highest BCUT2D eigenvalue weighted by Gasteiger charge is 2.15. The Morgan fingerprint density at radius 3 is 0.889 bits per heavy atom. The molecule has 2 amide bonds. The second-order valence-corrected chi connectivity index (χ2v) is 13.0. The van der Waals surface area contributed by atoms with E-state index in [4.69, 9.17) is 94.0 Å². The van der Waals surface area contributed by atoms with Gasteiger partial charge in [-0.05, 0) is 0 Å². The highest BCUT2D eigenvalue weighted by Crippen LogP contribution is 1.99. The normalized spacial score (nSPS) is 11.7.